The van der Waals surface area contributed by atoms with Gasteiger partial charge in [0.25, 0.3) is 0 Å². The maximum absolute atomic E-state index is 5.64. The quantitative estimate of drug-likeness (QED) is 0.701. The van der Waals surface area contributed by atoms with Gasteiger partial charge in [0.05, 0.1) is 5.52 Å². The highest BCUT2D eigenvalue weighted by Gasteiger charge is 2.15. The molecule has 1 aliphatic rings. The van der Waals surface area contributed by atoms with Gasteiger partial charge in [-0.2, -0.15) is 0 Å². The van der Waals surface area contributed by atoms with Gasteiger partial charge in [-0.3, -0.25) is 0 Å². The van der Waals surface area contributed by atoms with E-state index in [1.54, 1.807) is 6.33 Å². The van der Waals surface area contributed by atoms with Crippen LogP contribution in [0.15, 0.2) is 47.2 Å². The first-order valence-corrected chi connectivity index (χ1v) is 7.66. The average Bonchev–Trinajstić information content (AvgIpc) is 2.53. The second-order valence-corrected chi connectivity index (χ2v) is 5.79. The number of benzene rings is 2. The van der Waals surface area contributed by atoms with Crippen LogP contribution in [-0.4, -0.2) is 23.2 Å². The zero-order valence-corrected chi connectivity index (χ0v) is 14.4. The Bertz CT molecular complexity index is 860. The van der Waals surface area contributed by atoms with Gasteiger partial charge in [0, 0.05) is 21.6 Å². The average molecular weight is 395 g/mol. The van der Waals surface area contributed by atoms with E-state index in [1.807, 2.05) is 36.4 Å². The molecule has 23 heavy (non-hydrogen) atoms. The summed E-state index contributed by atoms with van der Waals surface area (Å²) in [5.74, 6) is 2.19. The minimum Gasteiger partial charge on any atom is -0.486 e. The van der Waals surface area contributed by atoms with Gasteiger partial charge in [-0.05, 0) is 24.3 Å². The van der Waals surface area contributed by atoms with Crippen LogP contribution in [0.4, 0.5) is 11.5 Å². The van der Waals surface area contributed by atoms with Gasteiger partial charge in [-0.1, -0.05) is 22.0 Å². The van der Waals surface area contributed by atoms with Crippen molar-refractivity contribution >= 4 is 50.7 Å². The standard InChI is InChI=1S/C16H12BrN3O2.ClH/c17-10-2-1-3-11(6-10)20-16-12-7-14-15(22-5-4-21-14)8-13(12)18-9-19-16;/h1-3,6-9H,4-5H2,(H,18,19,20);1H. The first-order chi connectivity index (χ1) is 10.8. The van der Waals surface area contributed by atoms with Crippen molar-refractivity contribution in [2.45, 2.75) is 0 Å². The SMILES string of the molecule is Brc1cccc(Nc2ncnc3cc4c(cc23)OCCO4)c1.Cl. The summed E-state index contributed by atoms with van der Waals surface area (Å²) in [7, 11) is 0. The second-order valence-electron chi connectivity index (χ2n) is 4.87. The van der Waals surface area contributed by atoms with Crippen molar-refractivity contribution in [3.63, 3.8) is 0 Å². The highest BCUT2D eigenvalue weighted by Crippen LogP contribution is 2.36. The fourth-order valence-electron chi connectivity index (χ4n) is 2.40. The molecule has 2 aromatic carbocycles. The molecule has 0 radical (unpaired) electrons. The lowest BCUT2D eigenvalue weighted by Crippen LogP contribution is -2.15. The molecular weight excluding hydrogens is 382 g/mol. The highest BCUT2D eigenvalue weighted by molar-refractivity contribution is 9.10. The monoisotopic (exact) mass is 393 g/mol. The molecule has 1 aromatic heterocycles. The van der Waals surface area contributed by atoms with E-state index in [4.69, 9.17) is 9.47 Å². The number of halogens is 2. The normalized spacial score (nSPS) is 12.6. The van der Waals surface area contributed by atoms with Gasteiger partial charge in [0.2, 0.25) is 0 Å². The molecule has 0 bridgehead atoms. The second kappa shape index (κ2) is 6.60. The lowest BCUT2D eigenvalue weighted by atomic mass is 10.2. The van der Waals surface area contributed by atoms with Crippen LogP contribution in [0.5, 0.6) is 11.5 Å². The molecule has 7 heteroatoms. The minimum atomic E-state index is 0. The van der Waals surface area contributed by atoms with Gasteiger partial charge in [-0.25, -0.2) is 9.97 Å². The first-order valence-electron chi connectivity index (χ1n) is 6.86. The Kier molecular flexibility index (Phi) is 4.54. The summed E-state index contributed by atoms with van der Waals surface area (Å²) in [6.07, 6.45) is 1.54. The summed E-state index contributed by atoms with van der Waals surface area (Å²) in [6, 6.07) is 11.7. The van der Waals surface area contributed by atoms with Gasteiger partial charge >= 0.3 is 0 Å². The van der Waals surface area contributed by atoms with Crippen molar-refractivity contribution in [2.75, 3.05) is 18.5 Å². The largest absolute Gasteiger partial charge is 0.486 e. The molecule has 5 nitrogen and oxygen atoms in total. The topological polar surface area (TPSA) is 56.3 Å². The molecule has 0 spiro atoms. The number of ether oxygens (including phenoxy) is 2. The summed E-state index contributed by atoms with van der Waals surface area (Å²) in [5, 5.41) is 4.21. The van der Waals surface area contributed by atoms with Gasteiger partial charge in [0.1, 0.15) is 25.4 Å². The summed E-state index contributed by atoms with van der Waals surface area (Å²) in [6.45, 7) is 1.12. The number of aromatic nitrogens is 2. The van der Waals surface area contributed by atoms with Crippen LogP contribution in [0, 0.1) is 0 Å². The Morgan fingerprint density at radius 3 is 2.57 bits per heavy atom. The molecule has 1 aliphatic heterocycles. The summed E-state index contributed by atoms with van der Waals surface area (Å²) < 4.78 is 12.2. The van der Waals surface area contributed by atoms with Gasteiger partial charge in [-0.15, -0.1) is 12.4 Å². The number of hydrogen-bond acceptors (Lipinski definition) is 5. The van der Waals surface area contributed by atoms with Gasteiger partial charge < -0.3 is 14.8 Å². The van der Waals surface area contributed by atoms with Crippen molar-refractivity contribution in [3.8, 4) is 11.5 Å². The Balaban J connectivity index is 0.00000156. The fourth-order valence-corrected chi connectivity index (χ4v) is 2.79. The van der Waals surface area contributed by atoms with Crippen LogP contribution in [0.25, 0.3) is 10.9 Å². The van der Waals surface area contributed by atoms with Crippen LogP contribution < -0.4 is 14.8 Å². The summed E-state index contributed by atoms with van der Waals surface area (Å²) in [5.41, 5.74) is 1.76. The van der Waals surface area contributed by atoms with Crippen molar-refractivity contribution in [3.05, 3.63) is 47.2 Å². The first kappa shape index (κ1) is 15.8. The number of rotatable bonds is 2. The van der Waals surface area contributed by atoms with Crippen LogP contribution in [-0.2, 0) is 0 Å². The van der Waals surface area contributed by atoms with E-state index in [1.165, 1.54) is 0 Å². The molecule has 0 atom stereocenters. The maximum atomic E-state index is 5.64. The molecule has 118 valence electrons. The third-order valence-electron chi connectivity index (χ3n) is 3.39. The van der Waals surface area contributed by atoms with Crippen molar-refractivity contribution in [2.24, 2.45) is 0 Å². The number of anilines is 2. The highest BCUT2D eigenvalue weighted by atomic mass is 79.9. The number of nitrogens with zero attached hydrogens (tertiary/aromatic N) is 2. The lowest BCUT2D eigenvalue weighted by molar-refractivity contribution is 0.172. The Hall–Kier alpha value is -2.05. The molecule has 0 aliphatic carbocycles. The van der Waals surface area contributed by atoms with E-state index in [0.717, 1.165) is 38.4 Å². The van der Waals surface area contributed by atoms with Crippen LogP contribution in [0.3, 0.4) is 0 Å². The van der Waals surface area contributed by atoms with E-state index in [0.29, 0.717) is 13.2 Å². The predicted octanol–water partition coefficient (Wildman–Crippen LogP) is 4.33. The summed E-state index contributed by atoms with van der Waals surface area (Å²) >= 11 is 3.47. The lowest BCUT2D eigenvalue weighted by Gasteiger charge is -2.19. The van der Waals surface area contributed by atoms with Crippen molar-refractivity contribution < 1.29 is 9.47 Å². The fraction of sp³-hybridized carbons (Fsp3) is 0.125. The smallest absolute Gasteiger partial charge is 0.163 e. The third-order valence-corrected chi connectivity index (χ3v) is 3.88. The Labute approximate surface area is 147 Å². The zero-order valence-electron chi connectivity index (χ0n) is 12.0. The van der Waals surface area contributed by atoms with E-state index in [9.17, 15) is 0 Å². The van der Waals surface area contributed by atoms with Crippen molar-refractivity contribution in [1.29, 1.82) is 0 Å². The van der Waals surface area contributed by atoms with E-state index in [-0.39, 0.29) is 12.4 Å². The molecule has 0 saturated carbocycles. The maximum Gasteiger partial charge on any atom is 0.163 e. The molecule has 3 aromatic rings. The number of hydrogen-bond donors (Lipinski definition) is 1. The molecule has 4 rings (SSSR count). The van der Waals surface area contributed by atoms with E-state index >= 15 is 0 Å². The molecule has 0 amide bonds. The van der Waals surface area contributed by atoms with Crippen LogP contribution >= 0.6 is 28.3 Å². The Morgan fingerprint density at radius 1 is 1.00 bits per heavy atom. The molecule has 2 heterocycles. The van der Waals surface area contributed by atoms with E-state index in [2.05, 4.69) is 31.2 Å². The zero-order chi connectivity index (χ0) is 14.9. The molecule has 0 fully saturated rings. The molecule has 0 unspecified atom stereocenters. The predicted molar refractivity (Wildman–Crippen MR) is 95.2 cm³/mol. The number of nitrogens with one attached hydrogen (secondary N) is 1. The number of fused-ring (bicyclic) bond motifs is 2. The molecule has 0 saturated heterocycles. The van der Waals surface area contributed by atoms with Crippen molar-refractivity contribution in [1.82, 2.24) is 9.97 Å². The van der Waals surface area contributed by atoms with E-state index < -0.39 is 0 Å². The van der Waals surface area contributed by atoms with Gasteiger partial charge in [0.15, 0.2) is 11.5 Å². The molecular formula is C16H13BrClN3O2. The van der Waals surface area contributed by atoms with Crippen LogP contribution in [0.2, 0.25) is 0 Å². The third kappa shape index (κ3) is 3.18. The summed E-state index contributed by atoms with van der Waals surface area (Å²) in [4.78, 5) is 8.66. The molecule has 1 N–H and O–H groups in total. The Morgan fingerprint density at radius 2 is 1.78 bits per heavy atom. The van der Waals surface area contributed by atoms with Crippen LogP contribution in [0.1, 0.15) is 0 Å². The minimum absolute atomic E-state index is 0.